The fourth-order valence-corrected chi connectivity index (χ4v) is 3.19. The molecule has 20 heavy (non-hydrogen) atoms. The largest absolute Gasteiger partial charge is 0.416 e. The minimum atomic E-state index is -4.45. The molecule has 2 rings (SSSR count). The minimum absolute atomic E-state index is 0.0271. The van der Waals surface area contributed by atoms with Crippen molar-refractivity contribution < 1.29 is 18.0 Å². The first kappa shape index (κ1) is 15.0. The second-order valence-corrected chi connectivity index (χ2v) is 5.69. The van der Waals surface area contributed by atoms with Crippen LogP contribution in [-0.4, -0.2) is 30.5 Å². The topological polar surface area (TPSA) is 41.1 Å². The van der Waals surface area contributed by atoms with Gasteiger partial charge in [-0.05, 0) is 30.4 Å². The molecular formula is C13H15F3N2OS. The number of benzene rings is 1. The number of amides is 1. The summed E-state index contributed by atoms with van der Waals surface area (Å²) in [6.07, 6.45) is -3.60. The lowest BCUT2D eigenvalue weighted by atomic mass is 10.1. The van der Waals surface area contributed by atoms with Crippen LogP contribution in [0.2, 0.25) is 0 Å². The van der Waals surface area contributed by atoms with E-state index in [2.05, 4.69) is 10.6 Å². The summed E-state index contributed by atoms with van der Waals surface area (Å²) in [5.41, 5.74) is -0.400. The van der Waals surface area contributed by atoms with Crippen LogP contribution < -0.4 is 10.6 Å². The Labute approximate surface area is 119 Å². The van der Waals surface area contributed by atoms with E-state index in [0.717, 1.165) is 30.1 Å². The van der Waals surface area contributed by atoms with Gasteiger partial charge in [-0.1, -0.05) is 0 Å². The number of halogens is 3. The summed E-state index contributed by atoms with van der Waals surface area (Å²) in [4.78, 5) is 12.1. The smallest absolute Gasteiger partial charge is 0.387 e. The monoisotopic (exact) mass is 304 g/mol. The normalized spacial score (nSPS) is 18.9. The molecule has 1 aromatic carbocycles. The average molecular weight is 304 g/mol. The molecule has 0 saturated carbocycles. The van der Waals surface area contributed by atoms with Crippen LogP contribution in [0.15, 0.2) is 18.2 Å². The van der Waals surface area contributed by atoms with E-state index in [0.29, 0.717) is 5.69 Å². The predicted molar refractivity (Wildman–Crippen MR) is 74.2 cm³/mol. The van der Waals surface area contributed by atoms with Crippen LogP contribution >= 0.6 is 11.8 Å². The number of rotatable bonds is 3. The van der Waals surface area contributed by atoms with Gasteiger partial charge in [-0.25, -0.2) is 0 Å². The molecule has 1 atom stereocenters. The highest BCUT2D eigenvalue weighted by molar-refractivity contribution is 7.99. The summed E-state index contributed by atoms with van der Waals surface area (Å²) in [6.45, 7) is 0. The van der Waals surface area contributed by atoms with Gasteiger partial charge in [0.15, 0.2) is 0 Å². The van der Waals surface area contributed by atoms with Crippen LogP contribution in [0.5, 0.6) is 0 Å². The van der Waals surface area contributed by atoms with Crippen LogP contribution in [0, 0.1) is 0 Å². The van der Waals surface area contributed by atoms with Gasteiger partial charge in [0.1, 0.15) is 0 Å². The third kappa shape index (κ3) is 3.39. The van der Waals surface area contributed by atoms with Crippen LogP contribution in [0.3, 0.4) is 0 Å². The van der Waals surface area contributed by atoms with E-state index in [-0.39, 0.29) is 11.6 Å². The van der Waals surface area contributed by atoms with Crippen LogP contribution in [-0.2, 0) is 6.18 Å². The summed E-state index contributed by atoms with van der Waals surface area (Å²) < 4.78 is 38.1. The third-order valence-electron chi connectivity index (χ3n) is 3.13. The summed E-state index contributed by atoms with van der Waals surface area (Å²) in [7, 11) is 1.57. The molecule has 110 valence electrons. The summed E-state index contributed by atoms with van der Waals surface area (Å²) in [6, 6.07) is 3.17. The highest BCUT2D eigenvalue weighted by atomic mass is 32.2. The Morgan fingerprint density at radius 1 is 1.40 bits per heavy atom. The average Bonchev–Trinajstić information content (AvgIpc) is 2.89. The van der Waals surface area contributed by atoms with E-state index in [4.69, 9.17) is 0 Å². The maximum absolute atomic E-state index is 12.7. The van der Waals surface area contributed by atoms with Crippen molar-refractivity contribution in [3.63, 3.8) is 0 Å². The molecule has 1 aliphatic rings. The Kier molecular flexibility index (Phi) is 4.47. The van der Waals surface area contributed by atoms with Crippen molar-refractivity contribution >= 4 is 23.4 Å². The zero-order valence-electron chi connectivity index (χ0n) is 10.9. The van der Waals surface area contributed by atoms with Crippen molar-refractivity contribution in [2.75, 3.05) is 23.9 Å². The number of hydrogen-bond acceptors (Lipinski definition) is 3. The van der Waals surface area contributed by atoms with E-state index in [1.165, 1.54) is 6.07 Å². The number of carbonyl (C=O) groups is 1. The van der Waals surface area contributed by atoms with Gasteiger partial charge < -0.3 is 10.6 Å². The maximum atomic E-state index is 12.7. The quantitative estimate of drug-likeness (QED) is 0.902. The summed E-state index contributed by atoms with van der Waals surface area (Å²) >= 11 is 1.73. The Morgan fingerprint density at radius 2 is 2.15 bits per heavy atom. The number of nitrogens with one attached hydrogen (secondary N) is 2. The molecule has 0 radical (unpaired) electrons. The van der Waals surface area contributed by atoms with Gasteiger partial charge in [-0.3, -0.25) is 4.79 Å². The molecule has 0 aromatic heterocycles. The van der Waals surface area contributed by atoms with Gasteiger partial charge in [-0.2, -0.15) is 24.9 Å². The second-order valence-electron chi connectivity index (χ2n) is 4.54. The van der Waals surface area contributed by atoms with E-state index in [1.54, 1.807) is 18.8 Å². The standard InChI is InChI=1S/C13H15F3N2OS/c1-17-11-3-2-8(13(14,15)16)6-10(11)12(19)18-9-4-5-20-7-9/h2-3,6,9,17H,4-5,7H2,1H3,(H,18,19). The number of thioether (sulfide) groups is 1. The van der Waals surface area contributed by atoms with Crippen molar-refractivity contribution in [2.24, 2.45) is 0 Å². The fraction of sp³-hybridized carbons (Fsp3) is 0.462. The molecular weight excluding hydrogens is 289 g/mol. The SMILES string of the molecule is CNc1ccc(C(F)(F)F)cc1C(=O)NC1CCSC1. The minimum Gasteiger partial charge on any atom is -0.387 e. The predicted octanol–water partition coefficient (Wildman–Crippen LogP) is 2.98. The molecule has 2 N–H and O–H groups in total. The highest BCUT2D eigenvalue weighted by Gasteiger charge is 2.32. The Balaban J connectivity index is 2.25. The van der Waals surface area contributed by atoms with Gasteiger partial charge in [0.05, 0.1) is 11.1 Å². The Hall–Kier alpha value is -1.37. The van der Waals surface area contributed by atoms with Crippen LogP contribution in [0.1, 0.15) is 22.3 Å². The van der Waals surface area contributed by atoms with Crippen LogP contribution in [0.25, 0.3) is 0 Å². The first-order valence-electron chi connectivity index (χ1n) is 6.19. The molecule has 7 heteroatoms. The first-order chi connectivity index (χ1) is 9.41. The number of alkyl halides is 3. The Bertz CT molecular complexity index is 499. The van der Waals surface area contributed by atoms with Crippen LogP contribution in [0.4, 0.5) is 18.9 Å². The van der Waals surface area contributed by atoms with Gasteiger partial charge >= 0.3 is 6.18 Å². The molecule has 0 bridgehead atoms. The molecule has 1 unspecified atom stereocenters. The zero-order valence-corrected chi connectivity index (χ0v) is 11.7. The molecule has 1 heterocycles. The Morgan fingerprint density at radius 3 is 2.70 bits per heavy atom. The molecule has 3 nitrogen and oxygen atoms in total. The summed E-state index contributed by atoms with van der Waals surface area (Å²) in [5, 5.41) is 5.53. The van der Waals surface area contributed by atoms with Crippen molar-refractivity contribution in [3.05, 3.63) is 29.3 Å². The van der Waals surface area contributed by atoms with Crippen molar-refractivity contribution in [1.29, 1.82) is 0 Å². The lowest BCUT2D eigenvalue weighted by molar-refractivity contribution is -0.137. The van der Waals surface area contributed by atoms with Crippen molar-refractivity contribution in [1.82, 2.24) is 5.32 Å². The van der Waals surface area contributed by atoms with E-state index < -0.39 is 17.6 Å². The van der Waals surface area contributed by atoms with Gasteiger partial charge in [0.25, 0.3) is 5.91 Å². The number of anilines is 1. The first-order valence-corrected chi connectivity index (χ1v) is 7.35. The van der Waals surface area contributed by atoms with Crippen molar-refractivity contribution in [3.8, 4) is 0 Å². The van der Waals surface area contributed by atoms with E-state index in [9.17, 15) is 18.0 Å². The molecule has 0 aliphatic carbocycles. The lowest BCUT2D eigenvalue weighted by Crippen LogP contribution is -2.35. The fourth-order valence-electron chi connectivity index (χ4n) is 2.04. The van der Waals surface area contributed by atoms with Gasteiger partial charge in [-0.15, -0.1) is 0 Å². The van der Waals surface area contributed by atoms with Crippen molar-refractivity contribution in [2.45, 2.75) is 18.6 Å². The molecule has 1 aromatic rings. The highest BCUT2D eigenvalue weighted by Crippen LogP contribution is 2.32. The van der Waals surface area contributed by atoms with Gasteiger partial charge in [0.2, 0.25) is 0 Å². The molecule has 1 amide bonds. The molecule has 1 aliphatic heterocycles. The number of carbonyl (C=O) groups excluding carboxylic acids is 1. The lowest BCUT2D eigenvalue weighted by Gasteiger charge is -2.16. The van der Waals surface area contributed by atoms with Gasteiger partial charge in [0, 0.05) is 24.5 Å². The number of hydrogen-bond donors (Lipinski definition) is 2. The van der Waals surface area contributed by atoms with E-state index in [1.807, 2.05) is 0 Å². The van der Waals surface area contributed by atoms with E-state index >= 15 is 0 Å². The molecule has 0 spiro atoms. The summed E-state index contributed by atoms with van der Waals surface area (Å²) in [5.74, 6) is 1.30. The molecule has 1 saturated heterocycles. The zero-order chi connectivity index (χ0) is 14.8. The molecule has 1 fully saturated rings. The second kappa shape index (κ2) is 5.95. The third-order valence-corrected chi connectivity index (χ3v) is 4.29. The maximum Gasteiger partial charge on any atom is 0.416 e.